The van der Waals surface area contributed by atoms with Crippen molar-refractivity contribution >= 4 is 19.8 Å². The van der Waals surface area contributed by atoms with Gasteiger partial charge in [-0.05, 0) is 89.9 Å². The van der Waals surface area contributed by atoms with Crippen LogP contribution < -0.4 is 4.89 Å². The highest BCUT2D eigenvalue weighted by molar-refractivity contribution is 7.45. The van der Waals surface area contributed by atoms with E-state index in [2.05, 4.69) is 98.9 Å². The number of unbranched alkanes of at least 4 members (excludes halogenated alkanes) is 19. The highest BCUT2D eigenvalue weighted by Gasteiger charge is 2.21. The van der Waals surface area contributed by atoms with Crippen molar-refractivity contribution in [2.75, 3.05) is 47.5 Å². The van der Waals surface area contributed by atoms with Gasteiger partial charge in [-0.25, -0.2) is 0 Å². The molecular formula is C56H98NO8P. The predicted octanol–water partition coefficient (Wildman–Crippen LogP) is 15.3. The molecule has 0 bridgehead atoms. The number of hydrogen-bond acceptors (Lipinski definition) is 8. The Balaban J connectivity index is 4.19. The van der Waals surface area contributed by atoms with Crippen LogP contribution in [0.1, 0.15) is 206 Å². The second-order valence-corrected chi connectivity index (χ2v) is 19.9. The molecule has 0 spiro atoms. The molecule has 0 amide bonds. The Morgan fingerprint density at radius 2 is 0.864 bits per heavy atom. The Bertz CT molecular complexity index is 1390. The van der Waals surface area contributed by atoms with Crippen molar-refractivity contribution in [1.29, 1.82) is 0 Å². The number of phosphoric acid groups is 1. The molecule has 0 rings (SSSR count). The highest BCUT2D eigenvalue weighted by atomic mass is 31.2. The van der Waals surface area contributed by atoms with Gasteiger partial charge in [0.2, 0.25) is 0 Å². The Morgan fingerprint density at radius 3 is 1.30 bits per heavy atom. The molecule has 66 heavy (non-hydrogen) atoms. The maximum absolute atomic E-state index is 12.8. The SMILES string of the molecule is CC/C=C\C/C=C\C/C=C\C/C=C\C/C=C\C/C=C\CCCCCCCCCCCCC(=O)OC(COC(=O)CCCCCCC/C=C\CCCCCC)COP(=O)([O-])OCC[N+](C)(C)C. The normalized spacial score (nSPS) is 14.1. The molecule has 0 aromatic heterocycles. The molecule has 0 aliphatic rings. The van der Waals surface area contributed by atoms with E-state index in [1.807, 2.05) is 21.1 Å². The molecular weight excluding hydrogens is 846 g/mol. The summed E-state index contributed by atoms with van der Waals surface area (Å²) in [5.41, 5.74) is 0. The van der Waals surface area contributed by atoms with Crippen LogP contribution in [0.2, 0.25) is 0 Å². The van der Waals surface area contributed by atoms with Crippen molar-refractivity contribution in [3.05, 3.63) is 85.1 Å². The van der Waals surface area contributed by atoms with E-state index < -0.39 is 32.5 Å². The number of carbonyl (C=O) groups is 2. The number of carbonyl (C=O) groups excluding carboxylic acids is 2. The van der Waals surface area contributed by atoms with Crippen LogP contribution in [-0.2, 0) is 32.7 Å². The fourth-order valence-corrected chi connectivity index (χ4v) is 7.56. The van der Waals surface area contributed by atoms with Gasteiger partial charge in [-0.3, -0.25) is 14.2 Å². The molecule has 10 heteroatoms. The minimum Gasteiger partial charge on any atom is -0.756 e. The summed E-state index contributed by atoms with van der Waals surface area (Å²) in [6.45, 7) is 4.08. The first-order valence-corrected chi connectivity index (χ1v) is 27.8. The van der Waals surface area contributed by atoms with Crippen LogP contribution in [0.4, 0.5) is 0 Å². The van der Waals surface area contributed by atoms with E-state index in [1.54, 1.807) is 0 Å². The molecule has 2 unspecified atom stereocenters. The van der Waals surface area contributed by atoms with Gasteiger partial charge in [0.25, 0.3) is 7.82 Å². The molecule has 0 radical (unpaired) electrons. The summed E-state index contributed by atoms with van der Waals surface area (Å²) in [5.74, 6) is -0.853. The molecule has 0 saturated carbocycles. The summed E-state index contributed by atoms with van der Waals surface area (Å²) in [4.78, 5) is 37.7. The van der Waals surface area contributed by atoms with Crippen molar-refractivity contribution in [1.82, 2.24) is 0 Å². The van der Waals surface area contributed by atoms with Crippen LogP contribution in [0.25, 0.3) is 0 Å². The molecule has 0 saturated heterocycles. The van der Waals surface area contributed by atoms with Gasteiger partial charge in [-0.1, -0.05) is 189 Å². The third-order valence-electron chi connectivity index (χ3n) is 10.9. The van der Waals surface area contributed by atoms with Crippen LogP contribution in [0.15, 0.2) is 85.1 Å². The number of allylic oxidation sites excluding steroid dienone is 14. The molecule has 0 aromatic rings. The Hall–Kier alpha value is -2.81. The fourth-order valence-electron chi connectivity index (χ4n) is 6.83. The van der Waals surface area contributed by atoms with Gasteiger partial charge in [-0.2, -0.15) is 0 Å². The number of hydrogen-bond donors (Lipinski definition) is 0. The first-order chi connectivity index (χ1) is 32.0. The average Bonchev–Trinajstić information content (AvgIpc) is 3.27. The number of ether oxygens (including phenoxy) is 2. The summed E-state index contributed by atoms with van der Waals surface area (Å²) in [6, 6.07) is 0. The van der Waals surface area contributed by atoms with E-state index in [0.29, 0.717) is 23.9 Å². The summed E-state index contributed by atoms with van der Waals surface area (Å²) >= 11 is 0. The topological polar surface area (TPSA) is 111 Å². The summed E-state index contributed by atoms with van der Waals surface area (Å²) in [6.07, 6.45) is 61.9. The second kappa shape index (κ2) is 47.3. The van der Waals surface area contributed by atoms with Gasteiger partial charge in [0.15, 0.2) is 6.10 Å². The van der Waals surface area contributed by atoms with Gasteiger partial charge in [0.1, 0.15) is 19.8 Å². The van der Waals surface area contributed by atoms with Crippen LogP contribution in [0.5, 0.6) is 0 Å². The molecule has 380 valence electrons. The smallest absolute Gasteiger partial charge is 0.306 e. The minimum atomic E-state index is -4.64. The molecule has 0 heterocycles. The largest absolute Gasteiger partial charge is 0.756 e. The van der Waals surface area contributed by atoms with Crippen molar-refractivity contribution in [3.8, 4) is 0 Å². The molecule has 0 aromatic carbocycles. The van der Waals surface area contributed by atoms with Gasteiger partial charge in [0, 0.05) is 12.8 Å². The lowest BCUT2D eigenvalue weighted by molar-refractivity contribution is -0.870. The number of quaternary nitrogens is 1. The van der Waals surface area contributed by atoms with Crippen molar-refractivity contribution in [2.45, 2.75) is 213 Å². The van der Waals surface area contributed by atoms with Crippen LogP contribution in [0, 0.1) is 0 Å². The van der Waals surface area contributed by atoms with E-state index in [1.165, 1.54) is 70.6 Å². The van der Waals surface area contributed by atoms with Crippen LogP contribution in [-0.4, -0.2) is 70.0 Å². The van der Waals surface area contributed by atoms with E-state index in [4.69, 9.17) is 18.5 Å². The molecule has 0 aliphatic heterocycles. The Kier molecular flexibility index (Phi) is 45.3. The first kappa shape index (κ1) is 63.2. The number of nitrogens with zero attached hydrogens (tertiary/aromatic N) is 1. The highest BCUT2D eigenvalue weighted by Crippen LogP contribution is 2.38. The maximum atomic E-state index is 12.8. The van der Waals surface area contributed by atoms with E-state index in [-0.39, 0.29) is 26.1 Å². The van der Waals surface area contributed by atoms with Crippen molar-refractivity contribution < 1.29 is 42.1 Å². The maximum Gasteiger partial charge on any atom is 0.306 e. The zero-order valence-corrected chi connectivity index (χ0v) is 43.8. The number of esters is 2. The van der Waals surface area contributed by atoms with Crippen LogP contribution >= 0.6 is 7.82 Å². The average molecular weight is 944 g/mol. The second-order valence-electron chi connectivity index (χ2n) is 18.5. The predicted molar refractivity (Wildman–Crippen MR) is 277 cm³/mol. The lowest BCUT2D eigenvalue weighted by Crippen LogP contribution is -2.37. The standard InChI is InChI=1S/C56H98NO8P/c1-6-8-10-12-14-16-18-20-21-22-23-24-25-26-27-28-29-30-31-32-33-34-35-37-39-41-43-45-47-49-56(59)65-54(53-64-66(60,61)63-51-50-57(3,4)5)52-62-55(58)48-46-44-42-40-38-36-19-17-15-13-11-9-7-2/h8,10,14,16-17,19-21,23-24,26-27,29-30,54H,6-7,9,11-13,15,18,22,25,28,31-53H2,1-5H3/b10-8-,16-14-,19-17-,21-20-,24-23-,27-26-,30-29-. The lowest BCUT2D eigenvalue weighted by atomic mass is 10.0. The molecule has 0 N–H and O–H groups in total. The van der Waals surface area contributed by atoms with E-state index >= 15 is 0 Å². The number of rotatable bonds is 47. The molecule has 2 atom stereocenters. The van der Waals surface area contributed by atoms with E-state index in [9.17, 15) is 19.0 Å². The summed E-state index contributed by atoms with van der Waals surface area (Å²) in [7, 11) is 1.15. The van der Waals surface area contributed by atoms with Crippen molar-refractivity contribution in [3.63, 3.8) is 0 Å². The Labute approximate surface area is 405 Å². The zero-order valence-electron chi connectivity index (χ0n) is 42.9. The first-order valence-electron chi connectivity index (χ1n) is 26.3. The third-order valence-corrected chi connectivity index (χ3v) is 11.9. The fraction of sp³-hybridized carbons (Fsp3) is 0.714. The van der Waals surface area contributed by atoms with Crippen LogP contribution in [0.3, 0.4) is 0 Å². The summed E-state index contributed by atoms with van der Waals surface area (Å²) < 4.78 is 34.0. The molecule has 0 fully saturated rings. The van der Waals surface area contributed by atoms with Gasteiger partial charge >= 0.3 is 11.9 Å². The van der Waals surface area contributed by atoms with Crippen molar-refractivity contribution in [2.24, 2.45) is 0 Å². The molecule has 9 nitrogen and oxygen atoms in total. The lowest BCUT2D eigenvalue weighted by Gasteiger charge is -2.28. The van der Waals surface area contributed by atoms with Gasteiger partial charge in [-0.15, -0.1) is 0 Å². The molecule has 0 aliphatic carbocycles. The monoisotopic (exact) mass is 944 g/mol. The number of likely N-dealkylation sites (N-methyl/N-ethyl adjacent to an activating group) is 1. The minimum absolute atomic E-state index is 0.0364. The third kappa shape index (κ3) is 50.6. The number of phosphoric ester groups is 1. The van der Waals surface area contributed by atoms with E-state index in [0.717, 1.165) is 96.3 Å². The zero-order chi connectivity index (χ0) is 48.5. The summed E-state index contributed by atoms with van der Waals surface area (Å²) in [5, 5.41) is 0. The van der Waals surface area contributed by atoms with Gasteiger partial charge in [0.05, 0.1) is 27.7 Å². The quantitative estimate of drug-likeness (QED) is 0.0195. The van der Waals surface area contributed by atoms with Gasteiger partial charge < -0.3 is 27.9 Å². The Morgan fingerprint density at radius 1 is 0.485 bits per heavy atom.